The number of benzene rings is 1. The van der Waals surface area contributed by atoms with Crippen molar-refractivity contribution in [3.8, 4) is 0 Å². The normalized spacial score (nSPS) is 10.9. The van der Waals surface area contributed by atoms with Crippen LogP contribution in [0.15, 0.2) is 43.0 Å². The Balaban J connectivity index is 0.000000555. The van der Waals surface area contributed by atoms with Gasteiger partial charge in [0.25, 0.3) is 7.82 Å². The van der Waals surface area contributed by atoms with Gasteiger partial charge >= 0.3 is 0 Å². The SMILES string of the molecule is C=CC[NH2+]C/C=C/c1ccc(F)cc1.O=P([O-])(O)O. The molecular formula is C12H17FNO4P. The van der Waals surface area contributed by atoms with E-state index in [2.05, 4.69) is 18.0 Å². The molecule has 0 fully saturated rings. The van der Waals surface area contributed by atoms with Crippen molar-refractivity contribution in [3.05, 3.63) is 54.4 Å². The maximum atomic E-state index is 12.5. The van der Waals surface area contributed by atoms with Crippen molar-refractivity contribution in [2.45, 2.75) is 0 Å². The van der Waals surface area contributed by atoms with Crippen molar-refractivity contribution in [3.63, 3.8) is 0 Å². The van der Waals surface area contributed by atoms with Crippen molar-refractivity contribution in [2.24, 2.45) is 0 Å². The lowest BCUT2D eigenvalue weighted by molar-refractivity contribution is -0.636. The molecule has 0 aliphatic heterocycles. The molecule has 0 aromatic heterocycles. The van der Waals surface area contributed by atoms with Gasteiger partial charge in [-0.2, -0.15) is 0 Å². The minimum Gasteiger partial charge on any atom is -0.756 e. The largest absolute Gasteiger partial charge is 0.756 e. The number of quaternary nitrogens is 1. The van der Waals surface area contributed by atoms with Crippen LogP contribution in [0.3, 0.4) is 0 Å². The van der Waals surface area contributed by atoms with Crippen LogP contribution in [0.5, 0.6) is 0 Å². The molecule has 106 valence electrons. The summed E-state index contributed by atoms with van der Waals surface area (Å²) in [5.74, 6) is -0.194. The van der Waals surface area contributed by atoms with Gasteiger partial charge in [-0.25, -0.2) is 4.39 Å². The second kappa shape index (κ2) is 9.61. The number of phosphoric acid groups is 1. The molecule has 19 heavy (non-hydrogen) atoms. The van der Waals surface area contributed by atoms with Gasteiger partial charge in [0.1, 0.15) is 5.82 Å². The molecule has 0 radical (unpaired) electrons. The topological polar surface area (TPSA) is 97.2 Å². The van der Waals surface area contributed by atoms with E-state index in [0.29, 0.717) is 0 Å². The molecule has 1 aromatic carbocycles. The molecule has 0 saturated carbocycles. The number of halogens is 1. The highest BCUT2D eigenvalue weighted by atomic mass is 31.2. The predicted molar refractivity (Wildman–Crippen MR) is 69.3 cm³/mol. The van der Waals surface area contributed by atoms with Gasteiger partial charge in [0.05, 0.1) is 13.1 Å². The highest BCUT2D eigenvalue weighted by molar-refractivity contribution is 7.43. The summed E-state index contributed by atoms with van der Waals surface area (Å²) < 4.78 is 21.3. The van der Waals surface area contributed by atoms with E-state index in [1.54, 1.807) is 12.1 Å². The van der Waals surface area contributed by atoms with E-state index in [-0.39, 0.29) is 5.82 Å². The van der Waals surface area contributed by atoms with Gasteiger partial charge < -0.3 is 20.0 Å². The van der Waals surface area contributed by atoms with Gasteiger partial charge in [-0.05, 0) is 29.8 Å². The zero-order valence-corrected chi connectivity index (χ0v) is 11.2. The Bertz CT molecular complexity index is 433. The summed E-state index contributed by atoms with van der Waals surface area (Å²) >= 11 is 0. The molecule has 0 spiro atoms. The third-order valence-corrected chi connectivity index (χ3v) is 1.82. The van der Waals surface area contributed by atoms with Crippen LogP contribution in [0.2, 0.25) is 0 Å². The zero-order chi connectivity index (χ0) is 14.7. The summed E-state index contributed by atoms with van der Waals surface area (Å²) in [5, 5.41) is 2.13. The highest BCUT2D eigenvalue weighted by Gasteiger charge is 1.88. The molecule has 1 rings (SSSR count). The number of nitrogens with two attached hydrogens (primary N) is 1. The Morgan fingerprint density at radius 3 is 2.32 bits per heavy atom. The van der Waals surface area contributed by atoms with Crippen molar-refractivity contribution in [1.29, 1.82) is 0 Å². The lowest BCUT2D eigenvalue weighted by atomic mass is 10.2. The third-order valence-electron chi connectivity index (χ3n) is 1.82. The van der Waals surface area contributed by atoms with Crippen LogP contribution in [0.4, 0.5) is 4.39 Å². The van der Waals surface area contributed by atoms with Crippen LogP contribution in [0, 0.1) is 5.82 Å². The van der Waals surface area contributed by atoms with Crippen molar-refractivity contribution >= 4 is 13.9 Å². The molecule has 0 heterocycles. The predicted octanol–water partition coefficient (Wildman–Crippen LogP) is 0.0277. The van der Waals surface area contributed by atoms with Crippen LogP contribution >= 0.6 is 7.82 Å². The smallest absolute Gasteiger partial charge is 0.262 e. The van der Waals surface area contributed by atoms with Crippen molar-refractivity contribution in [2.75, 3.05) is 13.1 Å². The molecule has 0 atom stereocenters. The zero-order valence-electron chi connectivity index (χ0n) is 10.3. The lowest BCUT2D eigenvalue weighted by Crippen LogP contribution is -2.83. The third kappa shape index (κ3) is 14.6. The van der Waals surface area contributed by atoms with Crippen molar-refractivity contribution < 1.29 is 29.0 Å². The Kier molecular flexibility index (Phi) is 8.95. The van der Waals surface area contributed by atoms with Gasteiger partial charge in [0.2, 0.25) is 0 Å². The maximum Gasteiger partial charge on any atom is 0.262 e. The Morgan fingerprint density at radius 1 is 1.32 bits per heavy atom. The summed E-state index contributed by atoms with van der Waals surface area (Å²) in [4.78, 5) is 22.9. The fraction of sp³-hybridized carbons (Fsp3) is 0.167. The maximum absolute atomic E-state index is 12.5. The quantitative estimate of drug-likeness (QED) is 0.404. The number of rotatable bonds is 5. The van der Waals surface area contributed by atoms with Crippen LogP contribution in [-0.4, -0.2) is 22.9 Å². The monoisotopic (exact) mass is 289 g/mol. The summed E-state index contributed by atoms with van der Waals surface area (Å²) in [7, 11) is -4.89. The van der Waals surface area contributed by atoms with Crippen LogP contribution in [-0.2, 0) is 4.57 Å². The van der Waals surface area contributed by atoms with E-state index < -0.39 is 7.82 Å². The molecule has 1 aromatic rings. The van der Waals surface area contributed by atoms with E-state index in [9.17, 15) is 4.39 Å². The molecule has 0 amide bonds. The molecule has 0 saturated heterocycles. The Hall–Kier alpha value is -1.30. The average molecular weight is 289 g/mol. The van der Waals surface area contributed by atoms with Crippen LogP contribution < -0.4 is 10.2 Å². The van der Waals surface area contributed by atoms with E-state index in [4.69, 9.17) is 19.2 Å². The standard InChI is InChI=1S/C12H14FN.H3O4P/c1-2-9-14-10-3-4-11-5-7-12(13)8-6-11;1-5(2,3)4/h2-8,14H,1,9-10H2;(H3,1,2,3,4)/b4-3+;. The Labute approximate surface area is 111 Å². The molecule has 0 bridgehead atoms. The molecule has 5 nitrogen and oxygen atoms in total. The summed E-state index contributed by atoms with van der Waals surface area (Å²) in [6.45, 7) is 5.47. The van der Waals surface area contributed by atoms with Gasteiger partial charge in [-0.15, -0.1) is 0 Å². The van der Waals surface area contributed by atoms with E-state index >= 15 is 0 Å². The van der Waals surface area contributed by atoms with Gasteiger partial charge in [0.15, 0.2) is 0 Å². The summed E-state index contributed by atoms with van der Waals surface area (Å²) in [5.41, 5.74) is 1.03. The second-order valence-corrected chi connectivity index (χ2v) is 4.47. The second-order valence-electron chi connectivity index (χ2n) is 3.49. The van der Waals surface area contributed by atoms with E-state index in [0.717, 1.165) is 18.7 Å². The molecule has 0 aliphatic rings. The minimum atomic E-state index is -4.89. The Morgan fingerprint density at radius 2 is 1.84 bits per heavy atom. The first-order valence-corrected chi connectivity index (χ1v) is 6.97. The summed E-state index contributed by atoms with van der Waals surface area (Å²) in [6, 6.07) is 6.46. The van der Waals surface area contributed by atoms with Crippen LogP contribution in [0.25, 0.3) is 6.08 Å². The van der Waals surface area contributed by atoms with Crippen LogP contribution in [0.1, 0.15) is 5.56 Å². The number of hydrogen-bond donors (Lipinski definition) is 3. The molecule has 0 unspecified atom stereocenters. The van der Waals surface area contributed by atoms with Crippen molar-refractivity contribution in [1.82, 2.24) is 0 Å². The summed E-state index contributed by atoms with van der Waals surface area (Å²) in [6.07, 6.45) is 5.90. The molecule has 4 N–H and O–H groups in total. The first-order valence-electron chi connectivity index (χ1n) is 5.44. The van der Waals surface area contributed by atoms with Gasteiger partial charge in [-0.1, -0.05) is 24.8 Å². The molecule has 0 aliphatic carbocycles. The fourth-order valence-electron chi connectivity index (χ4n) is 1.09. The first kappa shape index (κ1) is 17.7. The first-order chi connectivity index (χ1) is 8.83. The van der Waals surface area contributed by atoms with E-state index in [1.807, 2.05) is 12.2 Å². The minimum absolute atomic E-state index is 0.194. The fourth-order valence-corrected chi connectivity index (χ4v) is 1.09. The molecular weight excluding hydrogens is 272 g/mol. The number of hydrogen-bond acceptors (Lipinski definition) is 2. The average Bonchev–Trinajstić information content (AvgIpc) is 2.29. The lowest BCUT2D eigenvalue weighted by Gasteiger charge is -2.01. The van der Waals surface area contributed by atoms with E-state index in [1.165, 1.54) is 12.1 Å². The molecule has 7 heteroatoms. The van der Waals surface area contributed by atoms with Gasteiger partial charge in [-0.3, -0.25) is 4.57 Å². The highest BCUT2D eigenvalue weighted by Crippen LogP contribution is 2.18. The van der Waals surface area contributed by atoms with Gasteiger partial charge in [0, 0.05) is 0 Å².